The van der Waals surface area contributed by atoms with Crippen molar-refractivity contribution in [3.63, 3.8) is 0 Å². The van der Waals surface area contributed by atoms with Crippen molar-refractivity contribution >= 4 is 39.3 Å². The molecule has 0 unspecified atom stereocenters. The summed E-state index contributed by atoms with van der Waals surface area (Å²) in [4.78, 5) is 36.0. The van der Waals surface area contributed by atoms with Crippen LogP contribution >= 0.6 is 15.9 Å². The summed E-state index contributed by atoms with van der Waals surface area (Å²) in [6, 6.07) is 3.42. The van der Waals surface area contributed by atoms with Crippen LogP contribution in [-0.4, -0.2) is 29.3 Å². The summed E-state index contributed by atoms with van der Waals surface area (Å²) in [5, 5.41) is 8.82. The van der Waals surface area contributed by atoms with Gasteiger partial charge in [-0.1, -0.05) is 22.0 Å². The van der Waals surface area contributed by atoms with Crippen LogP contribution in [0.3, 0.4) is 0 Å². The maximum atomic E-state index is 12.0. The predicted molar refractivity (Wildman–Crippen MR) is 77.0 cm³/mol. The Hall–Kier alpha value is -1.95. The number of carboxylic acid groups (broad SMARTS) is 1. The molecule has 0 bridgehead atoms. The molecule has 20 heavy (non-hydrogen) atoms. The van der Waals surface area contributed by atoms with Crippen molar-refractivity contribution in [3.8, 4) is 0 Å². The Morgan fingerprint density at radius 2 is 2.05 bits per heavy atom. The van der Waals surface area contributed by atoms with Crippen LogP contribution in [0.5, 0.6) is 0 Å². The number of ketones is 1. The van der Waals surface area contributed by atoms with Gasteiger partial charge in [0.05, 0.1) is 11.3 Å². The molecule has 0 fully saturated rings. The summed E-state index contributed by atoms with van der Waals surface area (Å²) in [6.45, 7) is 3.31. The van der Waals surface area contributed by atoms with E-state index in [1.807, 2.05) is 6.07 Å². The Labute approximate surface area is 124 Å². The molecule has 5 nitrogen and oxygen atoms in total. The molecule has 6 heteroatoms. The quantitative estimate of drug-likeness (QED) is 0.678. The highest BCUT2D eigenvalue weighted by atomic mass is 79.9. The third-order valence-electron chi connectivity index (χ3n) is 3.14. The van der Waals surface area contributed by atoms with Crippen molar-refractivity contribution in [2.24, 2.45) is 0 Å². The highest BCUT2D eigenvalue weighted by Crippen LogP contribution is 2.34. The fourth-order valence-electron chi connectivity index (χ4n) is 2.10. The zero-order valence-corrected chi connectivity index (χ0v) is 12.5. The van der Waals surface area contributed by atoms with Gasteiger partial charge in [0.15, 0.2) is 0 Å². The predicted octanol–water partition coefficient (Wildman–Crippen LogP) is 2.32. The van der Waals surface area contributed by atoms with Crippen LogP contribution in [0.1, 0.15) is 22.8 Å². The minimum atomic E-state index is -1.05. The van der Waals surface area contributed by atoms with E-state index in [0.717, 1.165) is 10.0 Å². The first-order chi connectivity index (χ1) is 9.32. The van der Waals surface area contributed by atoms with E-state index in [1.54, 1.807) is 13.0 Å². The Morgan fingerprint density at radius 3 is 2.65 bits per heavy atom. The Kier molecular flexibility index (Phi) is 3.76. The summed E-state index contributed by atoms with van der Waals surface area (Å²) < 4.78 is 0.731. The van der Waals surface area contributed by atoms with Crippen molar-refractivity contribution < 1.29 is 19.5 Å². The fourth-order valence-corrected chi connectivity index (χ4v) is 2.67. The number of amides is 1. The molecule has 104 valence electrons. The van der Waals surface area contributed by atoms with Crippen LogP contribution in [0, 0.1) is 6.92 Å². The van der Waals surface area contributed by atoms with Gasteiger partial charge in [-0.3, -0.25) is 9.59 Å². The number of aryl methyl sites for hydroxylation is 1. The molecule has 0 aliphatic carbocycles. The zero-order chi connectivity index (χ0) is 15.0. The molecule has 1 aromatic carbocycles. The normalized spacial score (nSPS) is 14.8. The number of carbonyl (C=O) groups excluding carboxylic acids is 2. The lowest BCUT2D eigenvalue weighted by Gasteiger charge is -2.16. The van der Waals surface area contributed by atoms with Gasteiger partial charge in [-0.25, -0.2) is 4.79 Å². The molecule has 1 heterocycles. The fraction of sp³-hybridized carbons (Fsp3) is 0.214. The second-order valence-corrected chi connectivity index (χ2v) is 5.47. The molecule has 2 rings (SSSR count). The van der Waals surface area contributed by atoms with Crippen LogP contribution in [0.4, 0.5) is 5.69 Å². The molecule has 1 N–H and O–H groups in total. The van der Waals surface area contributed by atoms with Gasteiger partial charge in [-0.2, -0.15) is 0 Å². The van der Waals surface area contributed by atoms with E-state index < -0.39 is 17.7 Å². The number of nitrogens with zero attached hydrogens (tertiary/aromatic N) is 1. The van der Waals surface area contributed by atoms with E-state index in [9.17, 15) is 14.4 Å². The van der Waals surface area contributed by atoms with Gasteiger partial charge < -0.3 is 10.0 Å². The molecule has 1 aromatic rings. The first kappa shape index (κ1) is 14.5. The van der Waals surface area contributed by atoms with Crippen LogP contribution in [0.25, 0.3) is 0 Å². The van der Waals surface area contributed by atoms with Crippen LogP contribution in [0.2, 0.25) is 0 Å². The third-order valence-corrected chi connectivity index (χ3v) is 3.59. The SMILES string of the molecule is CC(=CCN1C(=O)C(=O)c2cc(Br)cc(C)c21)C(=O)O. The summed E-state index contributed by atoms with van der Waals surface area (Å²) >= 11 is 3.29. The highest BCUT2D eigenvalue weighted by Gasteiger charge is 2.36. The van der Waals surface area contributed by atoms with Crippen molar-refractivity contribution in [1.29, 1.82) is 0 Å². The lowest BCUT2D eigenvalue weighted by atomic mass is 10.1. The largest absolute Gasteiger partial charge is 0.478 e. The maximum Gasteiger partial charge on any atom is 0.331 e. The number of Topliss-reactive ketones (excluding diaryl/α,β-unsaturated/α-hetero) is 1. The smallest absolute Gasteiger partial charge is 0.331 e. The van der Waals surface area contributed by atoms with E-state index in [2.05, 4.69) is 15.9 Å². The average molecular weight is 338 g/mol. The molecule has 0 spiro atoms. The summed E-state index contributed by atoms with van der Waals surface area (Å²) in [5.74, 6) is -2.24. The number of benzene rings is 1. The Morgan fingerprint density at radius 1 is 1.40 bits per heavy atom. The zero-order valence-electron chi connectivity index (χ0n) is 10.9. The molecule has 1 amide bonds. The first-order valence-electron chi connectivity index (χ1n) is 5.89. The molecular weight excluding hydrogens is 326 g/mol. The number of fused-ring (bicyclic) bond motifs is 1. The van der Waals surface area contributed by atoms with Crippen molar-refractivity contribution in [2.75, 3.05) is 11.4 Å². The van der Waals surface area contributed by atoms with E-state index in [-0.39, 0.29) is 12.1 Å². The summed E-state index contributed by atoms with van der Waals surface area (Å²) in [6.07, 6.45) is 1.42. The molecule has 1 aliphatic heterocycles. The van der Waals surface area contributed by atoms with E-state index in [4.69, 9.17) is 5.11 Å². The van der Waals surface area contributed by atoms with Crippen molar-refractivity contribution in [3.05, 3.63) is 39.4 Å². The van der Waals surface area contributed by atoms with E-state index in [1.165, 1.54) is 17.9 Å². The number of halogens is 1. The molecule has 1 aliphatic rings. The second-order valence-electron chi connectivity index (χ2n) is 4.56. The topological polar surface area (TPSA) is 74.7 Å². The molecule has 0 aromatic heterocycles. The molecular formula is C14H12BrNO4. The monoisotopic (exact) mass is 337 g/mol. The third kappa shape index (κ3) is 2.38. The van der Waals surface area contributed by atoms with Gasteiger partial charge in [0, 0.05) is 16.6 Å². The molecule has 0 atom stereocenters. The van der Waals surface area contributed by atoms with Gasteiger partial charge in [0.25, 0.3) is 11.7 Å². The van der Waals surface area contributed by atoms with Gasteiger partial charge in [0.1, 0.15) is 0 Å². The number of aliphatic carboxylic acids is 1. The van der Waals surface area contributed by atoms with Crippen molar-refractivity contribution in [2.45, 2.75) is 13.8 Å². The number of rotatable bonds is 3. The number of carbonyl (C=O) groups is 3. The average Bonchev–Trinajstić information content (AvgIpc) is 2.60. The van der Waals surface area contributed by atoms with Crippen LogP contribution in [-0.2, 0) is 9.59 Å². The van der Waals surface area contributed by atoms with Crippen LogP contribution in [0.15, 0.2) is 28.3 Å². The maximum absolute atomic E-state index is 12.0. The van der Waals surface area contributed by atoms with Crippen LogP contribution < -0.4 is 4.90 Å². The summed E-state index contributed by atoms with van der Waals surface area (Å²) in [7, 11) is 0. The van der Waals surface area contributed by atoms with Gasteiger partial charge in [0.2, 0.25) is 0 Å². The Balaban J connectivity index is 2.44. The lowest BCUT2D eigenvalue weighted by Crippen LogP contribution is -2.30. The standard InChI is InChI=1S/C14H12BrNO4/c1-7(14(19)20)3-4-16-11-8(2)5-9(15)6-10(11)12(17)13(16)18/h3,5-6H,4H2,1-2H3,(H,19,20). The number of hydrogen-bond acceptors (Lipinski definition) is 3. The number of hydrogen-bond donors (Lipinski definition) is 1. The first-order valence-corrected chi connectivity index (χ1v) is 6.68. The van der Waals surface area contributed by atoms with E-state index in [0.29, 0.717) is 11.3 Å². The second kappa shape index (κ2) is 5.20. The molecule has 0 saturated heterocycles. The number of anilines is 1. The minimum Gasteiger partial charge on any atom is -0.478 e. The summed E-state index contributed by atoms with van der Waals surface area (Å²) in [5.41, 5.74) is 1.82. The van der Waals surface area contributed by atoms with Gasteiger partial charge in [-0.15, -0.1) is 0 Å². The minimum absolute atomic E-state index is 0.0676. The molecule has 0 radical (unpaired) electrons. The van der Waals surface area contributed by atoms with Gasteiger partial charge >= 0.3 is 5.97 Å². The number of carboxylic acids is 1. The highest BCUT2D eigenvalue weighted by molar-refractivity contribution is 9.10. The lowest BCUT2D eigenvalue weighted by molar-refractivity contribution is -0.132. The van der Waals surface area contributed by atoms with Gasteiger partial charge in [-0.05, 0) is 31.5 Å². The van der Waals surface area contributed by atoms with Crippen molar-refractivity contribution in [1.82, 2.24) is 0 Å². The van der Waals surface area contributed by atoms with E-state index >= 15 is 0 Å². The Bertz CT molecular complexity index is 663. The molecule has 0 saturated carbocycles.